The van der Waals surface area contributed by atoms with Gasteiger partial charge in [0.1, 0.15) is 6.61 Å². The molecule has 0 aliphatic carbocycles. The monoisotopic (exact) mass is 738 g/mol. The number of carbonyl (C=O) groups is 2. The quantitative estimate of drug-likeness (QED) is 0.0173. The number of esters is 2. The topological polar surface area (TPSA) is 160 Å². The van der Waals surface area contributed by atoms with Crippen molar-refractivity contribution < 1.29 is 48.2 Å². The molecule has 51 heavy (non-hydrogen) atoms. The molecule has 4 N–H and O–H groups in total. The maximum Gasteiger partial charge on any atom is 0.469 e. The fraction of sp³-hybridized carbons (Fsp3) is 0.650. The van der Waals surface area contributed by atoms with E-state index in [0.29, 0.717) is 32.1 Å². The zero-order chi connectivity index (χ0) is 38.0. The number of hydrogen-bond donors (Lipinski definition) is 4. The third-order valence-corrected chi connectivity index (χ3v) is 8.44. The lowest BCUT2D eigenvalue weighted by molar-refractivity contribution is -0.161. The summed E-state index contributed by atoms with van der Waals surface area (Å²) in [6, 6.07) is 0. The van der Waals surface area contributed by atoms with E-state index < -0.39 is 44.7 Å². The summed E-state index contributed by atoms with van der Waals surface area (Å²) in [5.41, 5.74) is 0. The number of aliphatic hydroxyl groups excluding tert-OH is 2. The fourth-order valence-corrected chi connectivity index (χ4v) is 5.09. The predicted octanol–water partition coefficient (Wildman–Crippen LogP) is 8.92. The van der Waals surface area contributed by atoms with E-state index in [4.69, 9.17) is 19.3 Å². The molecule has 0 radical (unpaired) electrons. The smallest absolute Gasteiger partial charge is 0.462 e. The Morgan fingerprint density at radius 1 is 0.706 bits per heavy atom. The molecular formula is C40H67O10P. The van der Waals surface area contributed by atoms with Gasteiger partial charge in [0.15, 0.2) is 6.10 Å². The van der Waals surface area contributed by atoms with Gasteiger partial charge in [-0.3, -0.25) is 14.1 Å². The van der Waals surface area contributed by atoms with Gasteiger partial charge >= 0.3 is 19.8 Å². The van der Waals surface area contributed by atoms with Crippen LogP contribution in [0.3, 0.4) is 0 Å². The van der Waals surface area contributed by atoms with Crippen LogP contribution in [0.15, 0.2) is 72.9 Å². The second-order valence-corrected chi connectivity index (χ2v) is 14.1. The Hall–Kier alpha value is -2.59. The Morgan fingerprint density at radius 2 is 1.33 bits per heavy atom. The molecule has 0 spiro atoms. The lowest BCUT2D eigenvalue weighted by Gasteiger charge is -2.18. The summed E-state index contributed by atoms with van der Waals surface area (Å²) in [4.78, 5) is 42.7. The minimum absolute atomic E-state index is 0.0778. The molecule has 0 aliphatic heterocycles. The van der Waals surface area contributed by atoms with Crippen molar-refractivity contribution in [2.45, 2.75) is 148 Å². The molecular weight excluding hydrogens is 671 g/mol. The van der Waals surface area contributed by atoms with Crippen molar-refractivity contribution in [3.05, 3.63) is 72.9 Å². The van der Waals surface area contributed by atoms with Crippen molar-refractivity contribution in [3.8, 4) is 0 Å². The van der Waals surface area contributed by atoms with E-state index in [1.165, 1.54) is 38.5 Å². The van der Waals surface area contributed by atoms with Gasteiger partial charge in [-0.25, -0.2) is 4.57 Å². The molecule has 0 amide bonds. The molecule has 0 bridgehead atoms. The van der Waals surface area contributed by atoms with E-state index in [0.717, 1.165) is 31.6 Å². The van der Waals surface area contributed by atoms with Gasteiger partial charge in [-0.15, -0.1) is 0 Å². The molecule has 10 nitrogen and oxygen atoms in total. The summed E-state index contributed by atoms with van der Waals surface area (Å²) < 4.78 is 26.2. The van der Waals surface area contributed by atoms with Gasteiger partial charge in [-0.05, 0) is 44.4 Å². The van der Waals surface area contributed by atoms with Crippen LogP contribution in [0.2, 0.25) is 0 Å². The molecule has 11 heteroatoms. The SMILES string of the molecule is CC/C=C\C[C@@H](O)/C=C/C=C\C/C=C\C=C\[C@@H](O)/C=C\CCCC(=O)OC[C@H](COP(=O)(O)O)OC(=O)CCCCCCCCCCC(C)CC. The average molecular weight is 739 g/mol. The molecule has 292 valence electrons. The van der Waals surface area contributed by atoms with Gasteiger partial charge < -0.3 is 29.5 Å². The molecule has 0 aromatic rings. The van der Waals surface area contributed by atoms with E-state index in [2.05, 4.69) is 25.3 Å². The Labute approximate surface area is 307 Å². The third-order valence-electron chi connectivity index (χ3n) is 7.95. The molecule has 0 saturated carbocycles. The number of unbranched alkanes of at least 4 members (excludes halogenated alkanes) is 8. The molecule has 0 saturated heterocycles. The summed E-state index contributed by atoms with van der Waals surface area (Å²) in [7, 11) is -4.80. The van der Waals surface area contributed by atoms with Crippen LogP contribution in [0.5, 0.6) is 0 Å². The third kappa shape index (κ3) is 35.6. The van der Waals surface area contributed by atoms with Gasteiger partial charge in [-0.2, -0.15) is 0 Å². The molecule has 0 aromatic heterocycles. The van der Waals surface area contributed by atoms with Crippen molar-refractivity contribution in [2.75, 3.05) is 13.2 Å². The first kappa shape index (κ1) is 48.4. The minimum atomic E-state index is -4.80. The van der Waals surface area contributed by atoms with Crippen molar-refractivity contribution in [3.63, 3.8) is 0 Å². The van der Waals surface area contributed by atoms with Crippen LogP contribution in [0.4, 0.5) is 0 Å². The first-order chi connectivity index (χ1) is 24.5. The van der Waals surface area contributed by atoms with Crippen LogP contribution in [-0.4, -0.2) is 63.5 Å². The van der Waals surface area contributed by atoms with E-state index in [-0.39, 0.29) is 19.4 Å². The maximum absolute atomic E-state index is 12.3. The summed E-state index contributed by atoms with van der Waals surface area (Å²) in [6.07, 6.45) is 34.2. The number of rotatable bonds is 32. The second-order valence-electron chi connectivity index (χ2n) is 12.8. The molecule has 0 aromatic carbocycles. The van der Waals surface area contributed by atoms with Crippen LogP contribution < -0.4 is 0 Å². The summed E-state index contributed by atoms with van der Waals surface area (Å²) in [5, 5.41) is 19.9. The Kier molecular flexibility index (Phi) is 31.6. The molecule has 0 heterocycles. The number of ether oxygens (including phenoxy) is 2. The van der Waals surface area contributed by atoms with Crippen molar-refractivity contribution in [1.29, 1.82) is 0 Å². The van der Waals surface area contributed by atoms with Gasteiger partial charge in [0.25, 0.3) is 0 Å². The van der Waals surface area contributed by atoms with Crippen LogP contribution in [0.1, 0.15) is 130 Å². The fourth-order valence-electron chi connectivity index (χ4n) is 4.73. The van der Waals surface area contributed by atoms with E-state index in [9.17, 15) is 24.4 Å². The zero-order valence-electron chi connectivity index (χ0n) is 31.4. The summed E-state index contributed by atoms with van der Waals surface area (Å²) in [5.74, 6) is -0.274. The molecule has 4 atom stereocenters. The lowest BCUT2D eigenvalue weighted by atomic mass is 9.99. The first-order valence-electron chi connectivity index (χ1n) is 18.9. The molecule has 1 unspecified atom stereocenters. The van der Waals surface area contributed by atoms with Gasteiger partial charge in [0, 0.05) is 12.8 Å². The van der Waals surface area contributed by atoms with Crippen LogP contribution in [0, 0.1) is 5.92 Å². The largest absolute Gasteiger partial charge is 0.469 e. The Morgan fingerprint density at radius 3 is 1.98 bits per heavy atom. The van der Waals surface area contributed by atoms with E-state index in [1.54, 1.807) is 30.4 Å². The van der Waals surface area contributed by atoms with Crippen LogP contribution in [0.25, 0.3) is 0 Å². The average Bonchev–Trinajstić information content (AvgIpc) is 3.08. The number of hydrogen-bond acceptors (Lipinski definition) is 8. The van der Waals surface area contributed by atoms with Crippen molar-refractivity contribution in [1.82, 2.24) is 0 Å². The van der Waals surface area contributed by atoms with Gasteiger partial charge in [0.05, 0.1) is 18.8 Å². The van der Waals surface area contributed by atoms with Gasteiger partial charge in [0.2, 0.25) is 0 Å². The highest BCUT2D eigenvalue weighted by Gasteiger charge is 2.22. The highest BCUT2D eigenvalue weighted by atomic mass is 31.2. The molecule has 0 fully saturated rings. The maximum atomic E-state index is 12.3. The summed E-state index contributed by atoms with van der Waals surface area (Å²) in [6.45, 7) is 5.61. The lowest BCUT2D eigenvalue weighted by Crippen LogP contribution is -2.29. The van der Waals surface area contributed by atoms with E-state index in [1.807, 2.05) is 42.5 Å². The number of phosphoric acid groups is 1. The second kappa shape index (κ2) is 33.3. The zero-order valence-corrected chi connectivity index (χ0v) is 32.3. The predicted molar refractivity (Wildman–Crippen MR) is 205 cm³/mol. The highest BCUT2D eigenvalue weighted by Crippen LogP contribution is 2.36. The number of aliphatic hydroxyl groups is 2. The van der Waals surface area contributed by atoms with Crippen LogP contribution >= 0.6 is 7.82 Å². The molecule has 0 rings (SSSR count). The van der Waals surface area contributed by atoms with Crippen molar-refractivity contribution >= 4 is 19.8 Å². The Balaban J connectivity index is 4.27. The number of carbonyl (C=O) groups excluding carboxylic acids is 2. The Bertz CT molecular complexity index is 1100. The van der Waals surface area contributed by atoms with Crippen molar-refractivity contribution in [2.24, 2.45) is 5.92 Å². The number of allylic oxidation sites excluding steroid dienone is 8. The minimum Gasteiger partial charge on any atom is -0.462 e. The first-order valence-corrected chi connectivity index (χ1v) is 20.4. The molecule has 0 aliphatic rings. The van der Waals surface area contributed by atoms with E-state index >= 15 is 0 Å². The van der Waals surface area contributed by atoms with Crippen LogP contribution in [-0.2, 0) is 28.2 Å². The summed E-state index contributed by atoms with van der Waals surface area (Å²) >= 11 is 0. The van der Waals surface area contributed by atoms with Gasteiger partial charge in [-0.1, -0.05) is 151 Å². The normalized spacial score (nSPS) is 15.2. The standard InChI is InChI=1S/C40H67O10P/c1-4-6-19-27-36(41)28-21-15-11-9-12-16-22-29-37(42)30-23-18-25-31-39(43)48-33-38(34-49-51(45,46)47)50-40(44)32-24-17-13-8-7-10-14-20-26-35(3)5-2/h6,11-12,15-16,19,21-23,28-30,35-38,41-42H,4-5,7-10,13-14,17-18,20,24-27,31-34H2,1-3H3,(H2,45,46,47)/b15-11-,16-12-,19-6-,28-21+,29-22+,30-23-/t35?,36-,37-,38-/m1/s1. The highest BCUT2D eigenvalue weighted by molar-refractivity contribution is 7.46. The number of phosphoric ester groups is 1.